The molecule has 2 aliphatic carbocycles. The van der Waals surface area contributed by atoms with Crippen molar-refractivity contribution in [3.63, 3.8) is 0 Å². The van der Waals surface area contributed by atoms with E-state index in [2.05, 4.69) is 313 Å². The molecule has 3 aliphatic heterocycles. The van der Waals surface area contributed by atoms with Crippen molar-refractivity contribution in [1.29, 1.82) is 0 Å². The smallest absolute Gasteiger partial charge is 0.252 e. The van der Waals surface area contributed by atoms with E-state index in [4.69, 9.17) is 0 Å². The lowest BCUT2D eigenvalue weighted by Gasteiger charge is -2.45. The van der Waals surface area contributed by atoms with Crippen LogP contribution in [0.3, 0.4) is 0 Å². The maximum Gasteiger partial charge on any atom is 0.252 e. The summed E-state index contributed by atoms with van der Waals surface area (Å²) in [5.41, 5.74) is 35.7. The molecule has 94 heavy (non-hydrogen) atoms. The van der Waals surface area contributed by atoms with Crippen LogP contribution in [0.15, 0.2) is 152 Å². The van der Waals surface area contributed by atoms with Crippen molar-refractivity contribution in [2.24, 2.45) is 0 Å². The Morgan fingerprint density at radius 3 is 1.29 bits per heavy atom. The summed E-state index contributed by atoms with van der Waals surface area (Å²) in [6, 6.07) is 63.5. The predicted molar refractivity (Wildman–Crippen MR) is 407 cm³/mol. The van der Waals surface area contributed by atoms with Gasteiger partial charge in [0, 0.05) is 43.8 Å². The topological polar surface area (TPSA) is 9.86 Å². The Bertz CT molecular complexity index is 5360. The number of hydrogen-bond donors (Lipinski definition) is 0. The third kappa shape index (κ3) is 7.85. The van der Waals surface area contributed by atoms with Crippen molar-refractivity contribution >= 4 is 77.5 Å². The molecule has 5 heterocycles. The SMILES string of the molecule is CC(C)(C)c1ccc2c(c1)C1(c3cc(C(C)(C)C)ccc3-2)c2cc(-c3ccc(-c4cccc5c4C(C)(C)CCC5(C)C)c4ccccc34)c3c4c2-n2c5c(cc(C(C)(C)C)cc5c5cc(C(C)(C)C)cc1c52)B4c1cc(C(C)(C)C)cc2c4cc(C(C)(C)C)ccc4n-3c12. The van der Waals surface area contributed by atoms with E-state index in [1.54, 1.807) is 0 Å². The lowest BCUT2D eigenvalue weighted by molar-refractivity contribution is 0.333. The molecular formula is C91H95BN2. The third-order valence-electron chi connectivity index (χ3n) is 24.0. The fourth-order valence-electron chi connectivity index (χ4n) is 18.5. The number of aromatic nitrogens is 2. The molecule has 0 atom stereocenters. The normalized spacial score (nSPS) is 16.6. The maximum atomic E-state index is 2.87. The van der Waals surface area contributed by atoms with Crippen LogP contribution in [0.1, 0.15) is 232 Å². The molecule has 2 aromatic heterocycles. The van der Waals surface area contributed by atoms with E-state index in [1.165, 1.54) is 189 Å². The van der Waals surface area contributed by atoms with Gasteiger partial charge in [-0.25, -0.2) is 0 Å². The number of nitrogens with zero attached hydrogens (tertiary/aromatic N) is 2. The van der Waals surface area contributed by atoms with E-state index in [0.29, 0.717) is 0 Å². The lowest BCUT2D eigenvalue weighted by atomic mass is 9.33. The van der Waals surface area contributed by atoms with Gasteiger partial charge in [0.05, 0.1) is 22.1 Å². The van der Waals surface area contributed by atoms with Crippen molar-refractivity contribution in [3.05, 3.63) is 218 Å². The van der Waals surface area contributed by atoms with Crippen LogP contribution in [-0.2, 0) is 48.7 Å². The fraction of sp³-hybridized carbons (Fsp3) is 0.363. The Balaban J connectivity index is 1.15. The maximum absolute atomic E-state index is 2.87. The first-order chi connectivity index (χ1) is 43.9. The molecule has 10 aromatic carbocycles. The molecule has 2 nitrogen and oxygen atoms in total. The molecular weight excluding hydrogens is 1130 g/mol. The minimum absolute atomic E-state index is 0.0129. The Morgan fingerprint density at radius 2 is 0.745 bits per heavy atom. The van der Waals surface area contributed by atoms with Gasteiger partial charge in [0.25, 0.3) is 6.71 Å². The summed E-state index contributed by atoms with van der Waals surface area (Å²) >= 11 is 0. The average Bonchev–Trinajstić information content (AvgIpc) is 1.41. The zero-order chi connectivity index (χ0) is 66.4. The van der Waals surface area contributed by atoms with Crippen molar-refractivity contribution in [1.82, 2.24) is 9.13 Å². The molecule has 0 saturated carbocycles. The average molecular weight is 1230 g/mol. The van der Waals surface area contributed by atoms with Gasteiger partial charge in [0.2, 0.25) is 0 Å². The Morgan fingerprint density at radius 1 is 0.309 bits per heavy atom. The van der Waals surface area contributed by atoms with Gasteiger partial charge in [-0.15, -0.1) is 0 Å². The molecule has 472 valence electrons. The second-order valence-electron chi connectivity index (χ2n) is 37.2. The molecule has 0 N–H and O–H groups in total. The van der Waals surface area contributed by atoms with Crippen LogP contribution in [0.4, 0.5) is 0 Å². The van der Waals surface area contributed by atoms with Crippen LogP contribution in [0.2, 0.25) is 0 Å². The van der Waals surface area contributed by atoms with Gasteiger partial charge in [-0.1, -0.05) is 268 Å². The van der Waals surface area contributed by atoms with E-state index in [1.807, 2.05) is 0 Å². The van der Waals surface area contributed by atoms with E-state index < -0.39 is 5.41 Å². The number of hydrogen-bond acceptors (Lipinski definition) is 0. The summed E-state index contributed by atoms with van der Waals surface area (Å²) in [4.78, 5) is 0. The van der Waals surface area contributed by atoms with Crippen LogP contribution in [0.25, 0.3) is 99.1 Å². The van der Waals surface area contributed by atoms with Gasteiger partial charge in [-0.3, -0.25) is 0 Å². The highest BCUT2D eigenvalue weighted by molar-refractivity contribution is 7.00. The van der Waals surface area contributed by atoms with Gasteiger partial charge in [0.1, 0.15) is 0 Å². The monoisotopic (exact) mass is 1230 g/mol. The standard InChI is InChI=1S/C91H95BN2/c1-83(2,3)50-32-37-75-63(40-50)64-42-54(87(13,14)15)47-73-79(64)93(75)81-67(59-36-35-58(56-26-23-24-27-57(56)59)62-28-25-29-68-76(62)90(21,22)39-38-89(68,19)20)49-72-82-77(81)92(73)74-48-55(88(16,17)18)43-66-65-41-53(86(10,11)12)46-71(78(65)94(82)80(66)74)91(72)69-44-51(84(4,5)6)30-33-60(69)61-34-31-52(45-70(61)91)85(7,8)9/h23-37,40-49H,38-39H2,1-22H3. The van der Waals surface area contributed by atoms with Crippen molar-refractivity contribution in [2.45, 2.75) is 214 Å². The Hall–Kier alpha value is -7.88. The molecule has 12 aromatic rings. The molecule has 5 aliphatic rings. The van der Waals surface area contributed by atoms with Gasteiger partial charge >= 0.3 is 0 Å². The Kier molecular flexibility index (Phi) is 11.7. The van der Waals surface area contributed by atoms with Crippen LogP contribution in [-0.4, -0.2) is 15.8 Å². The zero-order valence-electron chi connectivity index (χ0n) is 60.3. The fourth-order valence-corrected chi connectivity index (χ4v) is 18.5. The largest absolute Gasteiger partial charge is 0.310 e. The molecule has 0 unspecified atom stereocenters. The first-order valence-corrected chi connectivity index (χ1v) is 35.4. The van der Waals surface area contributed by atoms with Crippen LogP contribution in [0.5, 0.6) is 0 Å². The summed E-state index contributed by atoms with van der Waals surface area (Å²) < 4.78 is 5.68. The zero-order valence-corrected chi connectivity index (χ0v) is 60.3. The molecule has 3 heteroatoms. The minimum Gasteiger partial charge on any atom is -0.310 e. The second-order valence-corrected chi connectivity index (χ2v) is 37.2. The molecule has 0 saturated heterocycles. The number of fused-ring (bicyclic) bond motifs is 16. The van der Waals surface area contributed by atoms with Crippen molar-refractivity contribution < 1.29 is 0 Å². The van der Waals surface area contributed by atoms with E-state index in [-0.39, 0.29) is 50.0 Å². The molecule has 17 rings (SSSR count). The van der Waals surface area contributed by atoms with Gasteiger partial charge in [0.15, 0.2) is 0 Å². The summed E-state index contributed by atoms with van der Waals surface area (Å²) in [5.74, 6) is 0. The quantitative estimate of drug-likeness (QED) is 0.153. The lowest BCUT2D eigenvalue weighted by Crippen LogP contribution is -2.61. The predicted octanol–water partition coefficient (Wildman–Crippen LogP) is 22.3. The number of rotatable bonds is 2. The van der Waals surface area contributed by atoms with Crippen LogP contribution < -0.4 is 16.4 Å². The van der Waals surface area contributed by atoms with E-state index in [9.17, 15) is 0 Å². The van der Waals surface area contributed by atoms with Crippen molar-refractivity contribution in [2.75, 3.05) is 0 Å². The number of benzene rings is 10. The highest BCUT2D eigenvalue weighted by Gasteiger charge is 2.56. The molecule has 0 bridgehead atoms. The summed E-state index contributed by atoms with van der Waals surface area (Å²) in [6.45, 7) is 53.4. The first-order valence-electron chi connectivity index (χ1n) is 35.4. The Labute approximate surface area is 560 Å². The summed E-state index contributed by atoms with van der Waals surface area (Å²) in [5, 5.41) is 8.01. The highest BCUT2D eigenvalue weighted by Crippen LogP contribution is 2.64. The highest BCUT2D eigenvalue weighted by atomic mass is 15.1. The molecule has 1 spiro atoms. The van der Waals surface area contributed by atoms with E-state index >= 15 is 0 Å². The van der Waals surface area contributed by atoms with Gasteiger partial charge < -0.3 is 9.13 Å². The van der Waals surface area contributed by atoms with E-state index in [0.717, 1.165) is 6.42 Å². The second kappa shape index (κ2) is 18.4. The van der Waals surface area contributed by atoms with Crippen LogP contribution in [0, 0.1) is 0 Å². The third-order valence-corrected chi connectivity index (χ3v) is 24.0. The van der Waals surface area contributed by atoms with Gasteiger partial charge in [-0.2, -0.15) is 0 Å². The molecule has 0 radical (unpaired) electrons. The van der Waals surface area contributed by atoms with Crippen LogP contribution >= 0.6 is 0 Å². The summed E-state index contributed by atoms with van der Waals surface area (Å²) in [6.07, 6.45) is 2.33. The van der Waals surface area contributed by atoms with Gasteiger partial charge in [-0.05, 0) is 214 Å². The molecule has 0 fully saturated rings. The van der Waals surface area contributed by atoms with Crippen molar-refractivity contribution in [3.8, 4) is 44.8 Å². The minimum atomic E-state index is -0.744. The first kappa shape index (κ1) is 59.8. The molecule has 0 amide bonds. The summed E-state index contributed by atoms with van der Waals surface area (Å²) in [7, 11) is 0.